The fraction of sp³-hybridized carbons (Fsp3) is 0.143. The fourth-order valence-electron chi connectivity index (χ4n) is 2.45. The maximum absolute atomic E-state index is 13.3. The van der Waals surface area contributed by atoms with Gasteiger partial charge < -0.3 is 15.4 Å². The minimum absolute atomic E-state index is 0.0891. The van der Waals surface area contributed by atoms with Crippen molar-refractivity contribution in [3.63, 3.8) is 0 Å². The van der Waals surface area contributed by atoms with Crippen molar-refractivity contribution >= 4 is 23.1 Å². The molecule has 0 saturated heterocycles. The van der Waals surface area contributed by atoms with E-state index in [1.165, 1.54) is 18.3 Å². The molecule has 0 aliphatic rings. The van der Waals surface area contributed by atoms with Gasteiger partial charge >= 0.3 is 0 Å². The molecule has 0 fully saturated rings. The molecule has 138 valence electrons. The molecule has 1 aromatic heterocycles. The Hall–Kier alpha value is -3.41. The highest BCUT2D eigenvalue weighted by Gasteiger charge is 2.08. The van der Waals surface area contributed by atoms with Gasteiger partial charge in [-0.25, -0.2) is 9.37 Å². The van der Waals surface area contributed by atoms with Gasteiger partial charge in [0.25, 0.3) is 5.91 Å². The average molecular weight is 365 g/mol. The standard InChI is InChI=1S/C21H20FN3O2/c1-14(2)27-19-8-6-17(7-9-19)25-21(26)15-10-11-23-20(12-15)24-18-5-3-4-16(22)13-18/h3-14H,1-2H3,(H,23,24)(H,25,26). The van der Waals surface area contributed by atoms with Gasteiger partial charge in [-0.1, -0.05) is 6.07 Å². The molecule has 0 aliphatic carbocycles. The smallest absolute Gasteiger partial charge is 0.255 e. The molecule has 0 saturated carbocycles. The normalized spacial score (nSPS) is 10.5. The number of aromatic nitrogens is 1. The molecule has 3 rings (SSSR count). The van der Waals surface area contributed by atoms with E-state index in [1.54, 1.807) is 48.5 Å². The van der Waals surface area contributed by atoms with E-state index in [9.17, 15) is 9.18 Å². The van der Waals surface area contributed by atoms with Gasteiger partial charge in [0, 0.05) is 23.1 Å². The summed E-state index contributed by atoms with van der Waals surface area (Å²) in [7, 11) is 0. The van der Waals surface area contributed by atoms with Crippen molar-refractivity contribution in [2.45, 2.75) is 20.0 Å². The lowest BCUT2D eigenvalue weighted by molar-refractivity contribution is 0.102. The number of nitrogens with zero attached hydrogens (tertiary/aromatic N) is 1. The lowest BCUT2D eigenvalue weighted by Gasteiger charge is -2.11. The molecular formula is C21H20FN3O2. The number of amides is 1. The van der Waals surface area contributed by atoms with E-state index in [0.717, 1.165) is 5.75 Å². The van der Waals surface area contributed by atoms with Gasteiger partial charge in [-0.05, 0) is 68.4 Å². The zero-order chi connectivity index (χ0) is 19.2. The fourth-order valence-corrected chi connectivity index (χ4v) is 2.45. The first-order valence-electron chi connectivity index (χ1n) is 8.56. The van der Waals surface area contributed by atoms with E-state index < -0.39 is 0 Å². The Morgan fingerprint density at radius 3 is 2.52 bits per heavy atom. The van der Waals surface area contributed by atoms with Crippen LogP contribution >= 0.6 is 0 Å². The second kappa shape index (κ2) is 8.31. The van der Waals surface area contributed by atoms with Crippen LogP contribution in [-0.4, -0.2) is 17.0 Å². The number of carbonyl (C=O) groups excluding carboxylic acids is 1. The van der Waals surface area contributed by atoms with Crippen molar-refractivity contribution in [3.8, 4) is 5.75 Å². The molecule has 0 spiro atoms. The monoisotopic (exact) mass is 365 g/mol. The van der Waals surface area contributed by atoms with Gasteiger partial charge in [-0.3, -0.25) is 4.79 Å². The first kappa shape index (κ1) is 18.4. The molecular weight excluding hydrogens is 345 g/mol. The van der Waals surface area contributed by atoms with Crippen LogP contribution in [0.25, 0.3) is 0 Å². The molecule has 3 aromatic rings. The lowest BCUT2D eigenvalue weighted by Crippen LogP contribution is -2.12. The van der Waals surface area contributed by atoms with Crippen LogP contribution in [0.5, 0.6) is 5.75 Å². The van der Waals surface area contributed by atoms with Gasteiger partial charge in [0.05, 0.1) is 6.10 Å². The molecule has 2 N–H and O–H groups in total. The van der Waals surface area contributed by atoms with E-state index in [2.05, 4.69) is 15.6 Å². The Labute approximate surface area is 157 Å². The zero-order valence-corrected chi connectivity index (χ0v) is 15.1. The third-order valence-corrected chi connectivity index (χ3v) is 3.60. The molecule has 2 aromatic carbocycles. The van der Waals surface area contributed by atoms with E-state index in [4.69, 9.17) is 4.74 Å². The number of halogens is 1. The quantitative estimate of drug-likeness (QED) is 0.645. The second-order valence-electron chi connectivity index (χ2n) is 6.21. The maximum atomic E-state index is 13.3. The van der Waals surface area contributed by atoms with Gasteiger partial charge in [0.1, 0.15) is 17.4 Å². The van der Waals surface area contributed by atoms with Crippen molar-refractivity contribution < 1.29 is 13.9 Å². The van der Waals surface area contributed by atoms with Crippen molar-refractivity contribution in [2.24, 2.45) is 0 Å². The topological polar surface area (TPSA) is 63.2 Å². The molecule has 0 bridgehead atoms. The summed E-state index contributed by atoms with van der Waals surface area (Å²) in [6, 6.07) is 16.4. The molecule has 1 amide bonds. The Morgan fingerprint density at radius 1 is 1.04 bits per heavy atom. The summed E-state index contributed by atoms with van der Waals surface area (Å²) < 4.78 is 18.9. The van der Waals surface area contributed by atoms with Crippen LogP contribution in [-0.2, 0) is 0 Å². The summed E-state index contributed by atoms with van der Waals surface area (Å²) in [6.45, 7) is 3.91. The predicted molar refractivity (Wildman–Crippen MR) is 104 cm³/mol. The van der Waals surface area contributed by atoms with Crippen molar-refractivity contribution in [3.05, 3.63) is 78.2 Å². The van der Waals surface area contributed by atoms with Crippen molar-refractivity contribution in [1.29, 1.82) is 0 Å². The van der Waals surface area contributed by atoms with Crippen LogP contribution in [0.15, 0.2) is 66.9 Å². The second-order valence-corrected chi connectivity index (χ2v) is 6.21. The van der Waals surface area contributed by atoms with Crippen LogP contribution in [0, 0.1) is 5.82 Å². The summed E-state index contributed by atoms with van der Waals surface area (Å²) in [5.41, 5.74) is 1.65. The minimum Gasteiger partial charge on any atom is -0.491 e. The van der Waals surface area contributed by atoms with Crippen LogP contribution in [0.4, 0.5) is 21.6 Å². The molecule has 0 atom stereocenters. The number of nitrogens with one attached hydrogen (secondary N) is 2. The first-order valence-corrected chi connectivity index (χ1v) is 8.56. The van der Waals surface area contributed by atoms with Gasteiger partial charge in [-0.2, -0.15) is 0 Å². The largest absolute Gasteiger partial charge is 0.491 e. The van der Waals surface area contributed by atoms with E-state index in [0.29, 0.717) is 22.8 Å². The molecule has 0 aliphatic heterocycles. The molecule has 6 heteroatoms. The van der Waals surface area contributed by atoms with Gasteiger partial charge in [0.15, 0.2) is 0 Å². The Kier molecular flexibility index (Phi) is 5.66. The maximum Gasteiger partial charge on any atom is 0.255 e. The summed E-state index contributed by atoms with van der Waals surface area (Å²) in [5, 5.41) is 5.81. The summed E-state index contributed by atoms with van der Waals surface area (Å²) in [4.78, 5) is 16.6. The lowest BCUT2D eigenvalue weighted by atomic mass is 10.2. The number of benzene rings is 2. The number of anilines is 3. The Balaban J connectivity index is 1.68. The Morgan fingerprint density at radius 2 is 1.81 bits per heavy atom. The number of pyridine rings is 1. The molecule has 1 heterocycles. The number of carbonyl (C=O) groups is 1. The number of ether oxygens (including phenoxy) is 1. The summed E-state index contributed by atoms with van der Waals surface area (Å²) >= 11 is 0. The molecule has 5 nitrogen and oxygen atoms in total. The summed E-state index contributed by atoms with van der Waals surface area (Å²) in [5.74, 6) is 0.582. The van der Waals surface area contributed by atoms with Crippen LogP contribution in [0.3, 0.4) is 0 Å². The highest BCUT2D eigenvalue weighted by Crippen LogP contribution is 2.19. The number of hydrogen-bond donors (Lipinski definition) is 2. The van der Waals surface area contributed by atoms with Crippen LogP contribution < -0.4 is 15.4 Å². The van der Waals surface area contributed by atoms with E-state index in [-0.39, 0.29) is 17.8 Å². The highest BCUT2D eigenvalue weighted by atomic mass is 19.1. The van der Waals surface area contributed by atoms with Crippen LogP contribution in [0.2, 0.25) is 0 Å². The third kappa shape index (κ3) is 5.28. The van der Waals surface area contributed by atoms with Crippen molar-refractivity contribution in [2.75, 3.05) is 10.6 Å². The number of rotatable bonds is 6. The number of hydrogen-bond acceptors (Lipinski definition) is 4. The highest BCUT2D eigenvalue weighted by molar-refractivity contribution is 6.04. The molecule has 0 radical (unpaired) electrons. The van der Waals surface area contributed by atoms with Crippen molar-refractivity contribution in [1.82, 2.24) is 4.98 Å². The Bertz CT molecular complexity index is 927. The van der Waals surface area contributed by atoms with E-state index >= 15 is 0 Å². The predicted octanol–water partition coefficient (Wildman–Crippen LogP) is 5.00. The minimum atomic E-state index is -0.348. The average Bonchev–Trinajstić information content (AvgIpc) is 2.63. The van der Waals surface area contributed by atoms with Crippen LogP contribution in [0.1, 0.15) is 24.2 Å². The van der Waals surface area contributed by atoms with E-state index in [1.807, 2.05) is 13.8 Å². The van der Waals surface area contributed by atoms with Gasteiger partial charge in [0.2, 0.25) is 0 Å². The SMILES string of the molecule is CC(C)Oc1ccc(NC(=O)c2ccnc(Nc3cccc(F)c3)c2)cc1. The first-order chi connectivity index (χ1) is 13.0. The molecule has 0 unspecified atom stereocenters. The van der Waals surface area contributed by atoms with Gasteiger partial charge in [-0.15, -0.1) is 0 Å². The zero-order valence-electron chi connectivity index (χ0n) is 15.1. The third-order valence-electron chi connectivity index (χ3n) is 3.60. The molecule has 27 heavy (non-hydrogen) atoms. The summed E-state index contributed by atoms with van der Waals surface area (Å²) in [6.07, 6.45) is 1.61.